The lowest BCUT2D eigenvalue weighted by Crippen LogP contribution is -2.56. The number of carbonyl (C=O) groups is 2. The number of nitrogens with zero attached hydrogens (tertiary/aromatic N) is 1. The number of rotatable bonds is 9. The van der Waals surface area contributed by atoms with Crippen molar-refractivity contribution < 1.29 is 23.8 Å². The lowest BCUT2D eigenvalue weighted by Gasteiger charge is -2.35. The van der Waals surface area contributed by atoms with Gasteiger partial charge in [0.25, 0.3) is 0 Å². The Hall–Kier alpha value is -2.38. The average Bonchev–Trinajstić information content (AvgIpc) is 2.71. The van der Waals surface area contributed by atoms with Crippen LogP contribution in [0.25, 0.3) is 0 Å². The molecule has 2 rings (SSSR count). The molecule has 0 spiro atoms. The maximum Gasteiger partial charge on any atom is 0.325 e. The molecule has 1 aromatic rings. The summed E-state index contributed by atoms with van der Waals surface area (Å²) in [6.07, 6.45) is 3.07. The van der Waals surface area contributed by atoms with Gasteiger partial charge in [0.2, 0.25) is 5.91 Å². The second kappa shape index (κ2) is 11.3. The first-order valence-electron chi connectivity index (χ1n) is 10.8. The number of esters is 1. The Morgan fingerprint density at radius 1 is 1.19 bits per heavy atom. The average molecular weight is 433 g/mol. The quantitative estimate of drug-likeness (QED) is 0.365. The van der Waals surface area contributed by atoms with Crippen LogP contribution in [0.5, 0.6) is 5.75 Å². The van der Waals surface area contributed by atoms with E-state index in [2.05, 4.69) is 11.5 Å². The largest absolute Gasteiger partial charge is 0.497 e. The maximum atomic E-state index is 12.7. The third-order valence-corrected chi connectivity index (χ3v) is 4.95. The summed E-state index contributed by atoms with van der Waals surface area (Å²) in [4.78, 5) is 25.1. The molecular formula is C24H36N2O5. The predicted octanol–water partition coefficient (Wildman–Crippen LogP) is 3.63. The van der Waals surface area contributed by atoms with E-state index in [-0.39, 0.29) is 18.0 Å². The van der Waals surface area contributed by atoms with E-state index in [0.29, 0.717) is 26.2 Å². The first-order chi connectivity index (χ1) is 14.6. The van der Waals surface area contributed by atoms with Gasteiger partial charge in [0.15, 0.2) is 0 Å². The lowest BCUT2D eigenvalue weighted by atomic mass is 9.95. The molecule has 1 amide bonds. The minimum atomic E-state index is -0.550. The van der Waals surface area contributed by atoms with E-state index in [4.69, 9.17) is 14.2 Å². The molecule has 31 heavy (non-hydrogen) atoms. The van der Waals surface area contributed by atoms with Gasteiger partial charge in [0.05, 0.1) is 26.4 Å². The van der Waals surface area contributed by atoms with Gasteiger partial charge in [-0.15, -0.1) is 0 Å². The van der Waals surface area contributed by atoms with Crippen molar-refractivity contribution >= 4 is 11.9 Å². The van der Waals surface area contributed by atoms with Crippen LogP contribution < -0.4 is 10.2 Å². The van der Waals surface area contributed by atoms with Crippen molar-refractivity contribution in [2.24, 2.45) is 5.41 Å². The molecule has 1 aromatic carbocycles. The first kappa shape index (κ1) is 24.9. The Kier molecular flexibility index (Phi) is 9.07. The molecule has 0 bridgehead atoms. The van der Waals surface area contributed by atoms with E-state index in [9.17, 15) is 9.59 Å². The molecule has 0 aliphatic carbocycles. The summed E-state index contributed by atoms with van der Waals surface area (Å²) in [6.45, 7) is 10.7. The van der Waals surface area contributed by atoms with E-state index < -0.39 is 11.5 Å². The van der Waals surface area contributed by atoms with E-state index in [0.717, 1.165) is 23.3 Å². The predicted molar refractivity (Wildman–Crippen MR) is 119 cm³/mol. The number of nitrogens with one attached hydrogen (secondary N) is 1. The molecule has 172 valence electrons. The Bertz CT molecular complexity index is 765. The highest BCUT2D eigenvalue weighted by Gasteiger charge is 2.34. The lowest BCUT2D eigenvalue weighted by molar-refractivity contribution is -0.157. The number of benzene rings is 1. The van der Waals surface area contributed by atoms with Crippen LogP contribution in [0.2, 0.25) is 0 Å². The fourth-order valence-electron chi connectivity index (χ4n) is 3.06. The molecule has 1 N–H and O–H groups in total. The minimum absolute atomic E-state index is 0.130. The summed E-state index contributed by atoms with van der Waals surface area (Å²) in [7, 11) is 1.64. The molecular weight excluding hydrogens is 396 g/mol. The molecule has 0 fully saturated rings. The molecule has 7 nitrogen and oxygen atoms in total. The first-order valence-corrected chi connectivity index (χ1v) is 10.8. The number of methoxy groups -OCH3 is 1. The minimum Gasteiger partial charge on any atom is -0.497 e. The van der Waals surface area contributed by atoms with Crippen LogP contribution >= 0.6 is 0 Å². The van der Waals surface area contributed by atoms with Gasteiger partial charge in [-0.2, -0.15) is 0 Å². The van der Waals surface area contributed by atoms with Crippen molar-refractivity contribution in [1.82, 2.24) is 10.4 Å². The van der Waals surface area contributed by atoms with Gasteiger partial charge >= 0.3 is 5.97 Å². The molecule has 1 aliphatic rings. The molecule has 0 aromatic heterocycles. The normalized spacial score (nSPS) is 17.3. The van der Waals surface area contributed by atoms with Gasteiger partial charge in [-0.3, -0.25) is 15.0 Å². The zero-order valence-corrected chi connectivity index (χ0v) is 19.6. The van der Waals surface area contributed by atoms with Crippen molar-refractivity contribution in [2.75, 3.05) is 20.3 Å². The van der Waals surface area contributed by atoms with Gasteiger partial charge in [-0.25, -0.2) is 5.01 Å². The summed E-state index contributed by atoms with van der Waals surface area (Å²) in [5.74, 6) is 0.363. The van der Waals surface area contributed by atoms with Crippen molar-refractivity contribution in [1.29, 1.82) is 0 Å². The van der Waals surface area contributed by atoms with Gasteiger partial charge < -0.3 is 14.2 Å². The highest BCUT2D eigenvalue weighted by atomic mass is 16.5. The maximum absolute atomic E-state index is 12.7. The highest BCUT2D eigenvalue weighted by molar-refractivity contribution is 5.82. The Morgan fingerprint density at radius 3 is 2.45 bits per heavy atom. The summed E-state index contributed by atoms with van der Waals surface area (Å²) in [5, 5.41) is 1.68. The zero-order valence-electron chi connectivity index (χ0n) is 19.6. The molecule has 7 heteroatoms. The topological polar surface area (TPSA) is 77.1 Å². The molecule has 0 unspecified atom stereocenters. The van der Waals surface area contributed by atoms with Crippen LogP contribution in [0.4, 0.5) is 0 Å². The van der Waals surface area contributed by atoms with Crippen molar-refractivity contribution in [3.8, 4) is 5.75 Å². The van der Waals surface area contributed by atoms with Gasteiger partial charge in [0.1, 0.15) is 11.8 Å². The SMILES string of the molecule is COc1ccc(COCCC2=CCN(NC(=O)C(C)(C)C)[C@H](C(=O)OC(C)C)C2)cc1. The third-order valence-electron chi connectivity index (χ3n) is 4.95. The van der Waals surface area contributed by atoms with Gasteiger partial charge in [-0.05, 0) is 44.4 Å². The van der Waals surface area contributed by atoms with Gasteiger partial charge in [0, 0.05) is 12.0 Å². The van der Waals surface area contributed by atoms with Crippen molar-refractivity contribution in [2.45, 2.75) is 66.2 Å². The highest BCUT2D eigenvalue weighted by Crippen LogP contribution is 2.23. The monoisotopic (exact) mass is 432 g/mol. The molecule has 1 heterocycles. The van der Waals surface area contributed by atoms with Crippen molar-refractivity contribution in [3.63, 3.8) is 0 Å². The third kappa shape index (κ3) is 7.99. The zero-order chi connectivity index (χ0) is 23.0. The van der Waals surface area contributed by atoms with E-state index in [1.807, 2.05) is 58.9 Å². The van der Waals surface area contributed by atoms with E-state index in [1.54, 1.807) is 12.1 Å². The molecule has 1 aliphatic heterocycles. The molecule has 0 saturated heterocycles. The number of hydrogen-bond acceptors (Lipinski definition) is 6. The summed E-state index contributed by atoms with van der Waals surface area (Å²) in [6, 6.07) is 7.23. The van der Waals surface area contributed by atoms with Crippen LogP contribution in [0, 0.1) is 5.41 Å². The second-order valence-electron chi connectivity index (χ2n) is 9.06. The Labute approximate surface area is 185 Å². The molecule has 0 saturated carbocycles. The smallest absolute Gasteiger partial charge is 0.325 e. The Morgan fingerprint density at radius 2 is 1.87 bits per heavy atom. The molecule has 1 atom stereocenters. The Balaban J connectivity index is 1.93. The fourth-order valence-corrected chi connectivity index (χ4v) is 3.06. The number of hydrazine groups is 1. The standard InChI is InChI=1S/C24H36N2O5/c1-17(2)31-22(27)21-15-18(11-13-26(21)25-23(28)24(3,4)5)12-14-30-16-19-7-9-20(29-6)10-8-19/h7-11,17,21H,12-16H2,1-6H3,(H,25,28)/t21-/m0/s1. The van der Waals surface area contributed by atoms with Crippen molar-refractivity contribution in [3.05, 3.63) is 41.5 Å². The number of hydrogen-bond donors (Lipinski definition) is 1. The summed E-state index contributed by atoms with van der Waals surface area (Å²) >= 11 is 0. The molecule has 0 radical (unpaired) electrons. The van der Waals surface area contributed by atoms with Crippen LogP contribution in [-0.2, 0) is 25.7 Å². The summed E-state index contributed by atoms with van der Waals surface area (Å²) < 4.78 is 16.4. The second-order valence-corrected chi connectivity index (χ2v) is 9.06. The number of carbonyl (C=O) groups excluding carboxylic acids is 2. The van der Waals surface area contributed by atoms with Gasteiger partial charge in [-0.1, -0.05) is 44.6 Å². The van der Waals surface area contributed by atoms with Crippen LogP contribution in [-0.4, -0.2) is 49.3 Å². The van der Waals surface area contributed by atoms with Crippen LogP contribution in [0.15, 0.2) is 35.9 Å². The fraction of sp³-hybridized carbons (Fsp3) is 0.583. The van der Waals surface area contributed by atoms with Crippen LogP contribution in [0.3, 0.4) is 0 Å². The number of ether oxygens (including phenoxy) is 3. The van der Waals surface area contributed by atoms with Crippen LogP contribution in [0.1, 0.15) is 53.0 Å². The van der Waals surface area contributed by atoms with E-state index in [1.165, 1.54) is 0 Å². The van der Waals surface area contributed by atoms with E-state index >= 15 is 0 Å². The summed E-state index contributed by atoms with van der Waals surface area (Å²) in [5.41, 5.74) is 4.54. The number of amides is 1.